The first-order valence-corrected chi connectivity index (χ1v) is 11.9. The first-order valence-electron chi connectivity index (χ1n) is 11.1. The molecule has 2 aromatic rings. The first kappa shape index (κ1) is 21.3. The molecule has 30 heavy (non-hydrogen) atoms. The lowest BCUT2D eigenvalue weighted by molar-refractivity contribution is -0.0352. The molecule has 0 bridgehead atoms. The fraction of sp³-hybridized carbons (Fsp3) is 0.565. The van der Waals surface area contributed by atoms with E-state index in [1.165, 1.54) is 32.1 Å². The minimum Gasteiger partial charge on any atom is -0.379 e. The highest BCUT2D eigenvalue weighted by atomic mass is 32.1. The predicted molar refractivity (Wildman–Crippen MR) is 124 cm³/mol. The summed E-state index contributed by atoms with van der Waals surface area (Å²) in [5.74, 6) is 0.852. The summed E-state index contributed by atoms with van der Waals surface area (Å²) in [6, 6.07) is 10.3. The van der Waals surface area contributed by atoms with Crippen molar-refractivity contribution in [2.24, 2.45) is 4.99 Å². The maximum atomic E-state index is 5.60. The second kappa shape index (κ2) is 10.4. The normalized spacial score (nSPS) is 20.1. The number of guanidine groups is 1. The van der Waals surface area contributed by atoms with E-state index in [1.807, 2.05) is 25.2 Å². The topological polar surface area (TPSA) is 61.8 Å². The molecule has 1 saturated carbocycles. The Bertz CT molecular complexity index is 810. The summed E-state index contributed by atoms with van der Waals surface area (Å²) < 4.78 is 5.60. The summed E-state index contributed by atoms with van der Waals surface area (Å²) in [6.07, 6.45) is 6.49. The molecule has 1 aromatic carbocycles. The van der Waals surface area contributed by atoms with Crippen LogP contribution in [0.5, 0.6) is 0 Å². The smallest absolute Gasteiger partial charge is 0.191 e. The highest BCUT2D eigenvalue weighted by molar-refractivity contribution is 7.09. The SMILES string of the molecule is CN=C(NCc1nc(-c2ccccc2)cs1)NCC1(N2CCOCC2)CCCCC1. The van der Waals surface area contributed by atoms with Crippen LogP contribution in [0.2, 0.25) is 0 Å². The molecule has 1 aromatic heterocycles. The summed E-state index contributed by atoms with van der Waals surface area (Å²) in [6.45, 7) is 5.39. The molecule has 0 spiro atoms. The number of hydrogen-bond donors (Lipinski definition) is 2. The van der Waals surface area contributed by atoms with Crippen molar-refractivity contribution in [3.05, 3.63) is 40.7 Å². The van der Waals surface area contributed by atoms with Gasteiger partial charge in [0.2, 0.25) is 0 Å². The molecule has 0 atom stereocenters. The number of ether oxygens (including phenoxy) is 1. The number of hydrogen-bond acceptors (Lipinski definition) is 5. The highest BCUT2D eigenvalue weighted by Crippen LogP contribution is 2.33. The minimum atomic E-state index is 0.224. The van der Waals surface area contributed by atoms with E-state index in [9.17, 15) is 0 Å². The van der Waals surface area contributed by atoms with Crippen LogP contribution in [0.25, 0.3) is 11.3 Å². The number of aliphatic imine (C=N–C) groups is 1. The molecule has 2 N–H and O–H groups in total. The van der Waals surface area contributed by atoms with E-state index in [0.717, 1.165) is 55.1 Å². The Labute approximate surface area is 183 Å². The summed E-state index contributed by atoms with van der Waals surface area (Å²) in [7, 11) is 1.84. The van der Waals surface area contributed by atoms with Gasteiger partial charge in [-0.3, -0.25) is 9.89 Å². The second-order valence-electron chi connectivity index (χ2n) is 8.16. The molecule has 6 nitrogen and oxygen atoms in total. The molecule has 2 aliphatic rings. The van der Waals surface area contributed by atoms with Gasteiger partial charge in [-0.25, -0.2) is 4.98 Å². The molecule has 162 valence electrons. The van der Waals surface area contributed by atoms with Crippen molar-refractivity contribution in [2.75, 3.05) is 39.9 Å². The van der Waals surface area contributed by atoms with Crippen LogP contribution in [0.15, 0.2) is 40.7 Å². The molecule has 1 saturated heterocycles. The predicted octanol–water partition coefficient (Wildman–Crippen LogP) is 3.51. The third kappa shape index (κ3) is 5.20. The van der Waals surface area contributed by atoms with Crippen molar-refractivity contribution in [1.82, 2.24) is 20.5 Å². The van der Waals surface area contributed by atoms with E-state index in [1.54, 1.807) is 11.3 Å². The van der Waals surface area contributed by atoms with E-state index >= 15 is 0 Å². The van der Waals surface area contributed by atoms with Gasteiger partial charge in [0.15, 0.2) is 5.96 Å². The maximum absolute atomic E-state index is 5.60. The average molecular weight is 428 g/mol. The van der Waals surface area contributed by atoms with Crippen LogP contribution in [0.1, 0.15) is 37.1 Å². The van der Waals surface area contributed by atoms with Gasteiger partial charge in [0.1, 0.15) is 5.01 Å². The van der Waals surface area contributed by atoms with Crippen molar-refractivity contribution >= 4 is 17.3 Å². The van der Waals surface area contributed by atoms with E-state index in [2.05, 4.69) is 38.0 Å². The molecule has 2 heterocycles. The number of morpholine rings is 1. The lowest BCUT2D eigenvalue weighted by Crippen LogP contribution is -2.60. The zero-order valence-electron chi connectivity index (χ0n) is 17.9. The Morgan fingerprint density at radius 1 is 1.13 bits per heavy atom. The van der Waals surface area contributed by atoms with Gasteiger partial charge >= 0.3 is 0 Å². The van der Waals surface area contributed by atoms with E-state index in [4.69, 9.17) is 9.72 Å². The van der Waals surface area contributed by atoms with Gasteiger partial charge < -0.3 is 15.4 Å². The van der Waals surface area contributed by atoms with Crippen molar-refractivity contribution in [3.63, 3.8) is 0 Å². The van der Waals surface area contributed by atoms with Crippen LogP contribution >= 0.6 is 11.3 Å². The Morgan fingerprint density at radius 3 is 2.63 bits per heavy atom. The van der Waals surface area contributed by atoms with Gasteiger partial charge in [-0.05, 0) is 12.8 Å². The summed E-state index contributed by atoms with van der Waals surface area (Å²) in [4.78, 5) is 11.9. The second-order valence-corrected chi connectivity index (χ2v) is 9.10. The molecule has 7 heteroatoms. The van der Waals surface area contributed by atoms with Gasteiger partial charge in [0.25, 0.3) is 0 Å². The molecular weight excluding hydrogens is 394 g/mol. The fourth-order valence-electron chi connectivity index (χ4n) is 4.61. The van der Waals surface area contributed by atoms with Gasteiger partial charge in [-0.15, -0.1) is 11.3 Å². The third-order valence-electron chi connectivity index (χ3n) is 6.30. The van der Waals surface area contributed by atoms with Crippen LogP contribution in [0.4, 0.5) is 0 Å². The molecule has 2 fully saturated rings. The van der Waals surface area contributed by atoms with Crippen molar-refractivity contribution < 1.29 is 4.74 Å². The number of thiazole rings is 1. The standard InChI is InChI=1S/C23H33N5OS/c1-24-22(25-16-21-27-20(17-30-21)19-8-4-2-5-9-19)26-18-23(10-6-3-7-11-23)28-12-14-29-15-13-28/h2,4-5,8-9,17H,3,6-7,10-16,18H2,1H3,(H2,24,25,26). The molecule has 0 amide bonds. The Balaban J connectivity index is 1.33. The quantitative estimate of drug-likeness (QED) is 0.546. The molecule has 4 rings (SSSR count). The van der Waals surface area contributed by atoms with E-state index in [0.29, 0.717) is 6.54 Å². The monoisotopic (exact) mass is 427 g/mol. The maximum Gasteiger partial charge on any atom is 0.191 e. The molecule has 0 unspecified atom stereocenters. The van der Waals surface area contributed by atoms with Gasteiger partial charge in [0, 0.05) is 43.2 Å². The van der Waals surface area contributed by atoms with Crippen LogP contribution in [-0.4, -0.2) is 61.3 Å². The lowest BCUT2D eigenvalue weighted by Gasteiger charge is -2.48. The average Bonchev–Trinajstić information content (AvgIpc) is 3.30. The van der Waals surface area contributed by atoms with E-state index in [-0.39, 0.29) is 5.54 Å². The van der Waals surface area contributed by atoms with Crippen molar-refractivity contribution in [1.29, 1.82) is 0 Å². The Hall–Kier alpha value is -1.96. The molecule has 0 radical (unpaired) electrons. The van der Waals surface area contributed by atoms with Crippen LogP contribution < -0.4 is 10.6 Å². The summed E-state index contributed by atoms with van der Waals surface area (Å²) in [5.41, 5.74) is 2.42. The van der Waals surface area contributed by atoms with Gasteiger partial charge in [0.05, 0.1) is 25.5 Å². The van der Waals surface area contributed by atoms with Crippen molar-refractivity contribution in [3.8, 4) is 11.3 Å². The zero-order valence-corrected chi connectivity index (χ0v) is 18.7. The number of benzene rings is 1. The van der Waals surface area contributed by atoms with Gasteiger partial charge in [-0.1, -0.05) is 49.6 Å². The lowest BCUT2D eigenvalue weighted by atomic mass is 9.80. The Kier molecular flexibility index (Phi) is 7.36. The highest BCUT2D eigenvalue weighted by Gasteiger charge is 2.38. The number of nitrogens with zero attached hydrogens (tertiary/aromatic N) is 3. The van der Waals surface area contributed by atoms with Crippen LogP contribution in [0, 0.1) is 0 Å². The van der Waals surface area contributed by atoms with Crippen LogP contribution in [0.3, 0.4) is 0 Å². The number of aromatic nitrogens is 1. The largest absolute Gasteiger partial charge is 0.379 e. The number of rotatable bonds is 6. The third-order valence-corrected chi connectivity index (χ3v) is 7.15. The fourth-order valence-corrected chi connectivity index (χ4v) is 5.36. The Morgan fingerprint density at radius 2 is 1.90 bits per heavy atom. The summed E-state index contributed by atoms with van der Waals surface area (Å²) >= 11 is 1.69. The van der Waals surface area contributed by atoms with Crippen molar-refractivity contribution in [2.45, 2.75) is 44.2 Å². The number of nitrogens with one attached hydrogen (secondary N) is 2. The molecule has 1 aliphatic heterocycles. The summed E-state index contributed by atoms with van der Waals surface area (Å²) in [5, 5.41) is 10.3. The van der Waals surface area contributed by atoms with E-state index < -0.39 is 0 Å². The first-order chi connectivity index (χ1) is 14.8. The van der Waals surface area contributed by atoms with Gasteiger partial charge in [-0.2, -0.15) is 0 Å². The minimum absolute atomic E-state index is 0.224. The van der Waals surface area contributed by atoms with Crippen LogP contribution in [-0.2, 0) is 11.3 Å². The zero-order chi connectivity index (χ0) is 20.7. The molecule has 1 aliphatic carbocycles. The molecular formula is C23H33N5OS.